The van der Waals surface area contributed by atoms with E-state index in [-0.39, 0.29) is 11.3 Å². The van der Waals surface area contributed by atoms with Gasteiger partial charge in [-0.05, 0) is 50.5 Å². The van der Waals surface area contributed by atoms with E-state index < -0.39 is 0 Å². The summed E-state index contributed by atoms with van der Waals surface area (Å²) in [4.78, 5) is 30.3. The fourth-order valence-electron chi connectivity index (χ4n) is 2.43. The van der Waals surface area contributed by atoms with E-state index in [0.717, 1.165) is 36.2 Å². The van der Waals surface area contributed by atoms with Gasteiger partial charge in [0.2, 0.25) is 5.95 Å². The number of benzene rings is 1. The maximum atomic E-state index is 11.9. The lowest BCUT2D eigenvalue weighted by Gasteiger charge is -2.07. The molecule has 1 aliphatic rings. The van der Waals surface area contributed by atoms with Crippen LogP contribution in [0, 0.1) is 0 Å². The van der Waals surface area contributed by atoms with Gasteiger partial charge in [0.25, 0.3) is 5.56 Å². The molecule has 2 N–H and O–H groups in total. The van der Waals surface area contributed by atoms with Gasteiger partial charge in [-0.25, -0.2) is 4.98 Å². The average Bonchev–Trinajstić information content (AvgIpc) is 2.88. The van der Waals surface area contributed by atoms with Crippen molar-refractivity contribution in [2.45, 2.75) is 26.2 Å². The molecular weight excluding hydrogens is 254 g/mol. The lowest BCUT2D eigenvalue weighted by molar-refractivity contribution is 0.101. The van der Waals surface area contributed by atoms with Crippen molar-refractivity contribution in [2.75, 3.05) is 5.32 Å². The summed E-state index contributed by atoms with van der Waals surface area (Å²) in [7, 11) is 0. The Morgan fingerprint density at radius 3 is 2.70 bits per heavy atom. The second-order valence-electron chi connectivity index (χ2n) is 4.95. The van der Waals surface area contributed by atoms with Gasteiger partial charge in [-0.2, -0.15) is 0 Å². The van der Waals surface area contributed by atoms with E-state index in [1.807, 2.05) is 0 Å². The maximum Gasteiger partial charge on any atom is 0.255 e. The van der Waals surface area contributed by atoms with Crippen LogP contribution in [0.15, 0.2) is 29.1 Å². The van der Waals surface area contributed by atoms with Crippen molar-refractivity contribution in [2.24, 2.45) is 0 Å². The first-order valence-corrected chi connectivity index (χ1v) is 6.63. The molecule has 1 aromatic carbocycles. The smallest absolute Gasteiger partial charge is 0.255 e. The summed E-state index contributed by atoms with van der Waals surface area (Å²) in [5.74, 6) is 0.479. The fourth-order valence-corrected chi connectivity index (χ4v) is 2.43. The summed E-state index contributed by atoms with van der Waals surface area (Å²) in [6, 6.07) is 7.08. The number of hydrogen-bond donors (Lipinski definition) is 2. The molecule has 0 bridgehead atoms. The molecule has 0 amide bonds. The van der Waals surface area contributed by atoms with Crippen LogP contribution in [-0.2, 0) is 12.8 Å². The predicted octanol–water partition coefficient (Wildman–Crippen LogP) is 2.20. The summed E-state index contributed by atoms with van der Waals surface area (Å²) in [5, 5.41) is 3.06. The molecule has 5 heteroatoms. The Labute approximate surface area is 116 Å². The molecule has 1 heterocycles. The molecular formula is C15H15N3O2. The molecule has 0 atom stereocenters. The van der Waals surface area contributed by atoms with E-state index in [9.17, 15) is 9.59 Å². The molecule has 1 aliphatic carbocycles. The first-order chi connectivity index (χ1) is 9.63. The summed E-state index contributed by atoms with van der Waals surface area (Å²) in [5.41, 5.74) is 3.08. The number of rotatable bonds is 3. The molecule has 102 valence electrons. The van der Waals surface area contributed by atoms with E-state index >= 15 is 0 Å². The number of nitrogens with zero attached hydrogens (tertiary/aromatic N) is 1. The van der Waals surface area contributed by atoms with Crippen LogP contribution in [-0.4, -0.2) is 15.8 Å². The van der Waals surface area contributed by atoms with Gasteiger partial charge in [0.1, 0.15) is 0 Å². The minimum absolute atomic E-state index is 0.0283. The van der Waals surface area contributed by atoms with Crippen molar-refractivity contribution in [1.29, 1.82) is 0 Å². The summed E-state index contributed by atoms with van der Waals surface area (Å²) < 4.78 is 0. The number of aryl methyl sites for hydroxylation is 1. The van der Waals surface area contributed by atoms with Crippen LogP contribution in [0.25, 0.3) is 0 Å². The Morgan fingerprint density at radius 1 is 1.25 bits per heavy atom. The summed E-state index contributed by atoms with van der Waals surface area (Å²) in [6.45, 7) is 1.53. The van der Waals surface area contributed by atoms with Crippen molar-refractivity contribution in [1.82, 2.24) is 9.97 Å². The number of fused-ring (bicyclic) bond motifs is 1. The molecule has 5 nitrogen and oxygen atoms in total. The molecule has 0 aliphatic heterocycles. The van der Waals surface area contributed by atoms with Crippen molar-refractivity contribution in [3.05, 3.63) is 51.4 Å². The Kier molecular flexibility index (Phi) is 3.10. The highest BCUT2D eigenvalue weighted by molar-refractivity contribution is 5.94. The molecule has 1 aromatic heterocycles. The normalized spacial score (nSPS) is 13.1. The zero-order valence-corrected chi connectivity index (χ0v) is 11.2. The highest BCUT2D eigenvalue weighted by Gasteiger charge is 2.17. The summed E-state index contributed by atoms with van der Waals surface area (Å²) in [6.07, 6.45) is 2.66. The van der Waals surface area contributed by atoms with Crippen LogP contribution in [0.5, 0.6) is 0 Å². The number of anilines is 2. The molecule has 2 aromatic rings. The lowest BCUT2D eigenvalue weighted by atomic mass is 10.1. The SMILES string of the molecule is CC(=O)c1ccc(Nc2nc3c(c(=O)[nH]2)CCC3)cc1. The zero-order valence-electron chi connectivity index (χ0n) is 11.2. The first kappa shape index (κ1) is 12.6. The van der Waals surface area contributed by atoms with E-state index in [1.54, 1.807) is 24.3 Å². The standard InChI is InChI=1S/C15H15N3O2/c1-9(19)10-5-7-11(8-6-10)16-15-17-13-4-2-3-12(13)14(20)18-15/h5-8H,2-4H2,1H3,(H2,16,17,18,20). The van der Waals surface area contributed by atoms with Gasteiger partial charge < -0.3 is 5.32 Å². The van der Waals surface area contributed by atoms with E-state index in [4.69, 9.17) is 0 Å². The van der Waals surface area contributed by atoms with Crippen LogP contribution in [0.4, 0.5) is 11.6 Å². The average molecular weight is 269 g/mol. The van der Waals surface area contributed by atoms with Gasteiger partial charge >= 0.3 is 0 Å². The van der Waals surface area contributed by atoms with Crippen molar-refractivity contribution < 1.29 is 4.79 Å². The molecule has 0 saturated carbocycles. The predicted molar refractivity (Wildman–Crippen MR) is 76.6 cm³/mol. The van der Waals surface area contributed by atoms with Gasteiger partial charge in [-0.3, -0.25) is 14.6 Å². The van der Waals surface area contributed by atoms with Crippen LogP contribution in [0.3, 0.4) is 0 Å². The number of nitrogens with one attached hydrogen (secondary N) is 2. The van der Waals surface area contributed by atoms with E-state index in [1.165, 1.54) is 6.92 Å². The molecule has 0 unspecified atom stereocenters. The Balaban J connectivity index is 1.86. The van der Waals surface area contributed by atoms with Crippen molar-refractivity contribution in [3.63, 3.8) is 0 Å². The van der Waals surface area contributed by atoms with E-state index in [2.05, 4.69) is 15.3 Å². The van der Waals surface area contributed by atoms with Crippen molar-refractivity contribution >= 4 is 17.4 Å². The van der Waals surface area contributed by atoms with Gasteiger partial charge in [0.15, 0.2) is 5.78 Å². The second kappa shape index (κ2) is 4.92. The topological polar surface area (TPSA) is 74.8 Å². The number of aromatic nitrogens is 2. The van der Waals surface area contributed by atoms with Gasteiger partial charge in [0.05, 0.1) is 5.69 Å². The third-order valence-corrected chi connectivity index (χ3v) is 3.50. The number of carbonyl (C=O) groups excluding carboxylic acids is 1. The molecule has 0 fully saturated rings. The second-order valence-corrected chi connectivity index (χ2v) is 4.95. The summed E-state index contributed by atoms with van der Waals surface area (Å²) >= 11 is 0. The highest BCUT2D eigenvalue weighted by atomic mass is 16.1. The van der Waals surface area contributed by atoms with Crippen LogP contribution >= 0.6 is 0 Å². The number of aromatic amines is 1. The van der Waals surface area contributed by atoms with Crippen LogP contribution in [0.1, 0.15) is 35.0 Å². The largest absolute Gasteiger partial charge is 0.326 e. The number of Topliss-reactive ketones (excluding diaryl/α,β-unsaturated/α-hetero) is 1. The van der Waals surface area contributed by atoms with Gasteiger partial charge in [-0.15, -0.1) is 0 Å². The molecule has 0 radical (unpaired) electrons. The highest BCUT2D eigenvalue weighted by Crippen LogP contribution is 2.19. The van der Waals surface area contributed by atoms with Crippen LogP contribution in [0.2, 0.25) is 0 Å². The molecule has 20 heavy (non-hydrogen) atoms. The Morgan fingerprint density at radius 2 is 2.00 bits per heavy atom. The fraction of sp³-hybridized carbons (Fsp3) is 0.267. The first-order valence-electron chi connectivity index (χ1n) is 6.63. The van der Waals surface area contributed by atoms with Crippen LogP contribution < -0.4 is 10.9 Å². The maximum absolute atomic E-state index is 11.9. The lowest BCUT2D eigenvalue weighted by Crippen LogP contribution is -2.16. The van der Waals surface area contributed by atoms with Gasteiger partial charge in [-0.1, -0.05) is 0 Å². The number of H-pyrrole nitrogens is 1. The third-order valence-electron chi connectivity index (χ3n) is 3.50. The van der Waals surface area contributed by atoms with E-state index in [0.29, 0.717) is 11.5 Å². The minimum atomic E-state index is -0.0599. The zero-order chi connectivity index (χ0) is 14.1. The minimum Gasteiger partial charge on any atom is -0.326 e. The molecule has 0 saturated heterocycles. The number of hydrogen-bond acceptors (Lipinski definition) is 4. The van der Waals surface area contributed by atoms with Crippen molar-refractivity contribution in [3.8, 4) is 0 Å². The number of carbonyl (C=O) groups is 1. The third kappa shape index (κ3) is 2.34. The monoisotopic (exact) mass is 269 g/mol. The Hall–Kier alpha value is -2.43. The molecule has 3 rings (SSSR count). The quantitative estimate of drug-likeness (QED) is 0.838. The molecule has 0 spiro atoms. The number of ketones is 1. The van der Waals surface area contributed by atoms with Gasteiger partial charge in [0, 0.05) is 16.8 Å². The Bertz CT molecular complexity index is 717.